The van der Waals surface area contributed by atoms with Crippen molar-refractivity contribution >= 4 is 11.6 Å². The lowest BCUT2D eigenvalue weighted by molar-refractivity contribution is -0.152. The van der Waals surface area contributed by atoms with E-state index in [0.29, 0.717) is 29.8 Å². The van der Waals surface area contributed by atoms with Gasteiger partial charge < -0.3 is 9.84 Å². The average molecular weight is 301 g/mol. The molecule has 0 bridgehead atoms. The minimum atomic E-state index is -0.722. The summed E-state index contributed by atoms with van der Waals surface area (Å²) in [4.78, 5) is 0. The van der Waals surface area contributed by atoms with Crippen molar-refractivity contribution in [1.29, 1.82) is 0 Å². The zero-order valence-electron chi connectivity index (χ0n) is 12.6. The van der Waals surface area contributed by atoms with Crippen LogP contribution in [0.4, 0.5) is 0 Å². The van der Waals surface area contributed by atoms with E-state index < -0.39 is 11.7 Å². The summed E-state index contributed by atoms with van der Waals surface area (Å²) < 4.78 is 7.80. The van der Waals surface area contributed by atoms with Gasteiger partial charge in [-0.05, 0) is 32.6 Å². The fourth-order valence-corrected chi connectivity index (χ4v) is 3.68. The molecule has 0 aromatic carbocycles. The van der Waals surface area contributed by atoms with Gasteiger partial charge in [0.25, 0.3) is 0 Å². The summed E-state index contributed by atoms with van der Waals surface area (Å²) in [7, 11) is 0. The van der Waals surface area contributed by atoms with Crippen molar-refractivity contribution in [2.45, 2.75) is 64.7 Å². The minimum Gasteiger partial charge on any atom is -0.384 e. The SMILES string of the molecule is CCOC1(C(O)c2c(Cl)cnn2CC)CCCC(C)C1. The number of halogens is 1. The average Bonchev–Trinajstić information content (AvgIpc) is 2.79. The summed E-state index contributed by atoms with van der Waals surface area (Å²) >= 11 is 6.24. The highest BCUT2D eigenvalue weighted by Crippen LogP contribution is 2.44. The van der Waals surface area contributed by atoms with Crippen LogP contribution in [0.25, 0.3) is 0 Å². The molecular formula is C15H25ClN2O2. The highest BCUT2D eigenvalue weighted by Gasteiger charge is 2.44. The smallest absolute Gasteiger partial charge is 0.126 e. The van der Waals surface area contributed by atoms with Gasteiger partial charge >= 0.3 is 0 Å². The lowest BCUT2D eigenvalue weighted by Crippen LogP contribution is -2.44. The third-order valence-corrected chi connectivity index (χ3v) is 4.60. The molecule has 1 aliphatic rings. The van der Waals surface area contributed by atoms with Gasteiger partial charge in [0, 0.05) is 13.2 Å². The maximum Gasteiger partial charge on any atom is 0.126 e. The van der Waals surface area contributed by atoms with Crippen LogP contribution in [0, 0.1) is 5.92 Å². The molecule has 20 heavy (non-hydrogen) atoms. The Morgan fingerprint density at radius 1 is 1.60 bits per heavy atom. The molecule has 5 heteroatoms. The fourth-order valence-electron chi connectivity index (χ4n) is 3.43. The zero-order valence-corrected chi connectivity index (χ0v) is 13.4. The van der Waals surface area contributed by atoms with Gasteiger partial charge in [-0.15, -0.1) is 0 Å². The summed E-state index contributed by atoms with van der Waals surface area (Å²) in [5.74, 6) is 0.557. The summed E-state index contributed by atoms with van der Waals surface area (Å²) in [6.07, 6.45) is 4.90. The van der Waals surface area contributed by atoms with Gasteiger partial charge in [0.2, 0.25) is 0 Å². The molecule has 2 rings (SSSR count). The van der Waals surface area contributed by atoms with Crippen molar-refractivity contribution in [3.8, 4) is 0 Å². The number of rotatable bonds is 5. The van der Waals surface area contributed by atoms with Gasteiger partial charge in [0.15, 0.2) is 0 Å². The Morgan fingerprint density at radius 3 is 2.95 bits per heavy atom. The number of aliphatic hydroxyl groups is 1. The van der Waals surface area contributed by atoms with Crippen LogP contribution in [0.2, 0.25) is 5.02 Å². The van der Waals surface area contributed by atoms with Crippen molar-refractivity contribution in [2.75, 3.05) is 6.61 Å². The largest absolute Gasteiger partial charge is 0.384 e. The molecule has 0 radical (unpaired) electrons. The second kappa shape index (κ2) is 6.46. The lowest BCUT2D eigenvalue weighted by atomic mass is 9.74. The predicted molar refractivity (Wildman–Crippen MR) is 79.9 cm³/mol. The fraction of sp³-hybridized carbons (Fsp3) is 0.800. The number of nitrogens with zero attached hydrogens (tertiary/aromatic N) is 2. The maximum absolute atomic E-state index is 11.0. The minimum absolute atomic E-state index is 0.525. The van der Waals surface area contributed by atoms with E-state index in [9.17, 15) is 5.11 Å². The van der Waals surface area contributed by atoms with Crippen LogP contribution in [0.1, 0.15) is 58.3 Å². The van der Waals surface area contributed by atoms with Gasteiger partial charge in [-0.3, -0.25) is 4.68 Å². The van der Waals surface area contributed by atoms with Crippen LogP contribution in [-0.4, -0.2) is 27.1 Å². The molecule has 1 heterocycles. The molecule has 0 aliphatic heterocycles. The van der Waals surface area contributed by atoms with E-state index >= 15 is 0 Å². The lowest BCUT2D eigenvalue weighted by Gasteiger charge is -2.43. The molecule has 3 unspecified atom stereocenters. The number of hydrogen-bond acceptors (Lipinski definition) is 3. The number of ether oxygens (including phenoxy) is 1. The van der Waals surface area contributed by atoms with Crippen LogP contribution in [0.15, 0.2) is 6.20 Å². The van der Waals surface area contributed by atoms with Gasteiger partial charge in [0.1, 0.15) is 6.10 Å². The molecule has 1 saturated carbocycles. The highest BCUT2D eigenvalue weighted by atomic mass is 35.5. The van der Waals surface area contributed by atoms with E-state index in [-0.39, 0.29) is 0 Å². The standard InChI is InChI=1S/C15H25ClN2O2/c1-4-18-13(12(16)10-17-18)14(19)15(20-5-2)8-6-7-11(3)9-15/h10-11,14,19H,4-9H2,1-3H3. The van der Waals surface area contributed by atoms with Crippen LogP contribution < -0.4 is 0 Å². The van der Waals surface area contributed by atoms with E-state index in [4.69, 9.17) is 16.3 Å². The van der Waals surface area contributed by atoms with Crippen molar-refractivity contribution in [3.05, 3.63) is 16.9 Å². The number of aliphatic hydroxyl groups excluding tert-OH is 1. The van der Waals surface area contributed by atoms with Crippen molar-refractivity contribution in [3.63, 3.8) is 0 Å². The molecule has 0 amide bonds. The Bertz CT molecular complexity index is 445. The summed E-state index contributed by atoms with van der Waals surface area (Å²) in [5, 5.41) is 15.7. The Labute approximate surface area is 126 Å². The van der Waals surface area contributed by atoms with Crippen molar-refractivity contribution < 1.29 is 9.84 Å². The molecule has 3 atom stereocenters. The molecule has 0 saturated heterocycles. The first-order chi connectivity index (χ1) is 9.54. The number of hydrogen-bond donors (Lipinski definition) is 1. The van der Waals surface area contributed by atoms with E-state index in [0.717, 1.165) is 19.3 Å². The van der Waals surface area contributed by atoms with E-state index in [1.807, 2.05) is 13.8 Å². The van der Waals surface area contributed by atoms with Crippen LogP contribution in [0.5, 0.6) is 0 Å². The van der Waals surface area contributed by atoms with E-state index in [1.165, 1.54) is 6.42 Å². The first kappa shape index (κ1) is 15.8. The van der Waals surface area contributed by atoms with Crippen LogP contribution in [0.3, 0.4) is 0 Å². The van der Waals surface area contributed by atoms with E-state index in [2.05, 4.69) is 12.0 Å². The normalized spacial score (nSPS) is 28.6. The predicted octanol–water partition coefficient (Wildman–Crippen LogP) is 3.58. The van der Waals surface area contributed by atoms with Gasteiger partial charge in [-0.2, -0.15) is 5.10 Å². The molecule has 1 fully saturated rings. The van der Waals surface area contributed by atoms with Crippen molar-refractivity contribution in [2.24, 2.45) is 5.92 Å². The summed E-state index contributed by atoms with van der Waals surface area (Å²) in [6.45, 7) is 7.49. The second-order valence-electron chi connectivity index (χ2n) is 5.80. The zero-order chi connectivity index (χ0) is 14.8. The number of aryl methyl sites for hydroxylation is 1. The molecule has 114 valence electrons. The third-order valence-electron chi connectivity index (χ3n) is 4.31. The third kappa shape index (κ3) is 2.87. The number of aromatic nitrogens is 2. The Morgan fingerprint density at radius 2 is 2.35 bits per heavy atom. The van der Waals surface area contributed by atoms with Gasteiger partial charge in [0.05, 0.1) is 22.5 Å². The Balaban J connectivity index is 2.35. The Kier molecular flexibility index (Phi) is 5.10. The quantitative estimate of drug-likeness (QED) is 0.904. The monoisotopic (exact) mass is 300 g/mol. The van der Waals surface area contributed by atoms with Crippen LogP contribution in [-0.2, 0) is 11.3 Å². The van der Waals surface area contributed by atoms with E-state index in [1.54, 1.807) is 10.9 Å². The second-order valence-corrected chi connectivity index (χ2v) is 6.20. The highest BCUT2D eigenvalue weighted by molar-refractivity contribution is 6.31. The summed E-state index contributed by atoms with van der Waals surface area (Å²) in [5.41, 5.74) is 0.167. The van der Waals surface area contributed by atoms with Crippen molar-refractivity contribution in [1.82, 2.24) is 9.78 Å². The van der Waals surface area contributed by atoms with Crippen LogP contribution >= 0.6 is 11.6 Å². The topological polar surface area (TPSA) is 47.3 Å². The molecule has 1 aromatic heterocycles. The van der Waals surface area contributed by atoms with Gasteiger partial charge in [-0.25, -0.2) is 0 Å². The Hall–Kier alpha value is -0.580. The maximum atomic E-state index is 11.0. The molecule has 1 aromatic rings. The van der Waals surface area contributed by atoms with Gasteiger partial charge in [-0.1, -0.05) is 31.4 Å². The molecular weight excluding hydrogens is 276 g/mol. The first-order valence-electron chi connectivity index (χ1n) is 7.57. The molecule has 4 nitrogen and oxygen atoms in total. The first-order valence-corrected chi connectivity index (χ1v) is 7.95. The molecule has 0 spiro atoms. The summed E-state index contributed by atoms with van der Waals surface area (Å²) in [6, 6.07) is 0. The molecule has 1 aliphatic carbocycles. The molecule has 1 N–H and O–H groups in total.